The van der Waals surface area contributed by atoms with Gasteiger partial charge in [0.2, 0.25) is 0 Å². The monoisotopic (exact) mass is 380 g/mol. The molecule has 3 rings (SSSR count). The summed E-state index contributed by atoms with van der Waals surface area (Å²) in [6.45, 7) is 5.99. The van der Waals surface area contributed by atoms with E-state index >= 15 is 0 Å². The fraction of sp³-hybridized carbons (Fsp3) is 0.455. The quantitative estimate of drug-likeness (QED) is 0.438. The molecule has 1 aromatic carbocycles. The van der Waals surface area contributed by atoms with E-state index < -0.39 is 0 Å². The van der Waals surface area contributed by atoms with Gasteiger partial charge in [0, 0.05) is 52.0 Å². The van der Waals surface area contributed by atoms with E-state index in [1.807, 2.05) is 24.4 Å². The molecule has 0 bridgehead atoms. The van der Waals surface area contributed by atoms with Crippen LogP contribution in [0.3, 0.4) is 0 Å². The van der Waals surface area contributed by atoms with Crippen LogP contribution in [0.15, 0.2) is 59.7 Å². The molecule has 2 aromatic rings. The Labute approximate surface area is 168 Å². The smallest absolute Gasteiger partial charge is 0.191 e. The average Bonchev–Trinajstić information content (AvgIpc) is 2.75. The van der Waals surface area contributed by atoms with Crippen molar-refractivity contribution in [2.24, 2.45) is 4.99 Å². The summed E-state index contributed by atoms with van der Waals surface area (Å²) < 4.78 is 0. The molecule has 0 spiro atoms. The zero-order valence-electron chi connectivity index (χ0n) is 17.0. The first kappa shape index (κ1) is 20.3. The molecule has 6 nitrogen and oxygen atoms in total. The SMILES string of the molecule is CN=C(NCCCN1CCN(C)CC1c1ccccc1)NCc1ccccn1. The fourth-order valence-corrected chi connectivity index (χ4v) is 3.60. The predicted octanol–water partition coefficient (Wildman–Crippen LogP) is 2.13. The molecule has 1 unspecified atom stereocenters. The van der Waals surface area contributed by atoms with Crippen molar-refractivity contribution in [1.29, 1.82) is 0 Å². The third-order valence-electron chi connectivity index (χ3n) is 5.18. The first-order valence-electron chi connectivity index (χ1n) is 10.1. The van der Waals surface area contributed by atoms with Gasteiger partial charge >= 0.3 is 0 Å². The van der Waals surface area contributed by atoms with E-state index in [1.165, 1.54) is 5.56 Å². The van der Waals surface area contributed by atoms with Crippen LogP contribution in [-0.2, 0) is 6.54 Å². The van der Waals surface area contributed by atoms with E-state index in [1.54, 1.807) is 7.05 Å². The lowest BCUT2D eigenvalue weighted by atomic mass is 10.0. The van der Waals surface area contributed by atoms with Crippen LogP contribution in [0.1, 0.15) is 23.7 Å². The number of guanidine groups is 1. The van der Waals surface area contributed by atoms with Gasteiger partial charge in [0.1, 0.15) is 0 Å². The summed E-state index contributed by atoms with van der Waals surface area (Å²) in [6.07, 6.45) is 2.89. The molecule has 1 aliphatic rings. The molecule has 28 heavy (non-hydrogen) atoms. The van der Waals surface area contributed by atoms with Crippen molar-refractivity contribution in [3.05, 3.63) is 66.0 Å². The van der Waals surface area contributed by atoms with Crippen LogP contribution in [0.2, 0.25) is 0 Å². The van der Waals surface area contributed by atoms with Crippen LogP contribution < -0.4 is 10.6 Å². The van der Waals surface area contributed by atoms with Crippen molar-refractivity contribution >= 4 is 5.96 Å². The number of likely N-dealkylation sites (N-methyl/N-ethyl adjacent to an activating group) is 1. The summed E-state index contributed by atoms with van der Waals surface area (Å²) in [5, 5.41) is 6.74. The summed E-state index contributed by atoms with van der Waals surface area (Å²) in [5.41, 5.74) is 2.42. The van der Waals surface area contributed by atoms with Crippen LogP contribution in [0, 0.1) is 0 Å². The van der Waals surface area contributed by atoms with E-state index in [2.05, 4.69) is 67.8 Å². The Bertz CT molecular complexity index is 718. The number of piperazine rings is 1. The van der Waals surface area contributed by atoms with E-state index in [9.17, 15) is 0 Å². The molecule has 150 valence electrons. The van der Waals surface area contributed by atoms with E-state index in [-0.39, 0.29) is 0 Å². The molecule has 6 heteroatoms. The summed E-state index contributed by atoms with van der Waals surface area (Å²) >= 11 is 0. The second kappa shape index (κ2) is 10.8. The Morgan fingerprint density at radius 1 is 1.11 bits per heavy atom. The number of nitrogens with one attached hydrogen (secondary N) is 2. The van der Waals surface area contributed by atoms with Gasteiger partial charge in [-0.25, -0.2) is 0 Å². The lowest BCUT2D eigenvalue weighted by Crippen LogP contribution is -2.47. The zero-order chi connectivity index (χ0) is 19.6. The van der Waals surface area contributed by atoms with Crippen molar-refractivity contribution in [2.45, 2.75) is 19.0 Å². The number of hydrogen-bond donors (Lipinski definition) is 2. The number of hydrogen-bond acceptors (Lipinski definition) is 4. The van der Waals surface area contributed by atoms with Crippen molar-refractivity contribution in [1.82, 2.24) is 25.4 Å². The molecular weight excluding hydrogens is 348 g/mol. The zero-order valence-corrected chi connectivity index (χ0v) is 17.0. The Morgan fingerprint density at radius 3 is 2.68 bits per heavy atom. The fourth-order valence-electron chi connectivity index (χ4n) is 3.60. The molecule has 0 amide bonds. The van der Waals surface area contributed by atoms with Crippen molar-refractivity contribution in [2.75, 3.05) is 46.8 Å². The number of rotatable bonds is 7. The normalized spacial score (nSPS) is 18.8. The standard InChI is InChI=1S/C22H32N6/c1-23-22(26-17-20-11-6-7-12-24-20)25-13-8-14-28-16-15-27(2)18-21(28)19-9-4-3-5-10-19/h3-7,9-12,21H,8,13-18H2,1-2H3,(H2,23,25,26). The molecular formula is C22H32N6. The van der Waals surface area contributed by atoms with Gasteiger partial charge in [-0.15, -0.1) is 0 Å². The van der Waals surface area contributed by atoms with Gasteiger partial charge in [-0.1, -0.05) is 36.4 Å². The van der Waals surface area contributed by atoms with Crippen molar-refractivity contribution in [3.63, 3.8) is 0 Å². The highest BCUT2D eigenvalue weighted by atomic mass is 15.3. The van der Waals surface area contributed by atoms with Gasteiger partial charge in [0.15, 0.2) is 5.96 Å². The number of pyridine rings is 1. The molecule has 0 aliphatic carbocycles. The molecule has 1 aromatic heterocycles. The Balaban J connectivity index is 1.44. The molecule has 1 fully saturated rings. The second-order valence-corrected chi connectivity index (χ2v) is 7.25. The van der Waals surface area contributed by atoms with Crippen LogP contribution in [0.25, 0.3) is 0 Å². The van der Waals surface area contributed by atoms with E-state index in [0.29, 0.717) is 12.6 Å². The summed E-state index contributed by atoms with van der Waals surface area (Å²) in [4.78, 5) is 13.7. The number of nitrogens with zero attached hydrogens (tertiary/aromatic N) is 4. The third kappa shape index (κ3) is 6.04. The maximum absolute atomic E-state index is 4.33. The highest BCUT2D eigenvalue weighted by molar-refractivity contribution is 5.79. The van der Waals surface area contributed by atoms with Gasteiger partial charge < -0.3 is 15.5 Å². The minimum absolute atomic E-state index is 0.474. The molecule has 2 N–H and O–H groups in total. The minimum atomic E-state index is 0.474. The van der Waals surface area contributed by atoms with Crippen LogP contribution in [-0.4, -0.2) is 67.6 Å². The van der Waals surface area contributed by atoms with Gasteiger partial charge in [-0.2, -0.15) is 0 Å². The number of aromatic nitrogens is 1. The first-order chi connectivity index (χ1) is 13.8. The maximum Gasteiger partial charge on any atom is 0.191 e. The molecule has 1 saturated heterocycles. The topological polar surface area (TPSA) is 55.8 Å². The van der Waals surface area contributed by atoms with Crippen LogP contribution in [0.5, 0.6) is 0 Å². The molecule has 0 radical (unpaired) electrons. The van der Waals surface area contributed by atoms with E-state index in [4.69, 9.17) is 0 Å². The maximum atomic E-state index is 4.33. The lowest BCUT2D eigenvalue weighted by Gasteiger charge is -2.40. The molecule has 1 atom stereocenters. The van der Waals surface area contributed by atoms with Gasteiger partial charge in [-0.3, -0.25) is 14.9 Å². The first-order valence-corrected chi connectivity index (χ1v) is 10.1. The predicted molar refractivity (Wildman–Crippen MR) is 115 cm³/mol. The Hall–Kier alpha value is -2.44. The average molecular weight is 381 g/mol. The Kier molecular flexibility index (Phi) is 7.82. The highest BCUT2D eigenvalue weighted by Crippen LogP contribution is 2.24. The Morgan fingerprint density at radius 2 is 1.93 bits per heavy atom. The van der Waals surface area contributed by atoms with Crippen molar-refractivity contribution < 1.29 is 0 Å². The number of aliphatic imine (C=N–C) groups is 1. The molecule has 2 heterocycles. The lowest BCUT2D eigenvalue weighted by molar-refractivity contribution is 0.0891. The summed E-state index contributed by atoms with van der Waals surface area (Å²) in [6, 6.07) is 17.3. The van der Waals surface area contributed by atoms with Crippen molar-refractivity contribution in [3.8, 4) is 0 Å². The highest BCUT2D eigenvalue weighted by Gasteiger charge is 2.25. The van der Waals surface area contributed by atoms with Gasteiger partial charge in [0.25, 0.3) is 0 Å². The molecule has 0 saturated carbocycles. The summed E-state index contributed by atoms with van der Waals surface area (Å²) in [5.74, 6) is 0.823. The largest absolute Gasteiger partial charge is 0.356 e. The van der Waals surface area contributed by atoms with Crippen LogP contribution >= 0.6 is 0 Å². The molecule has 1 aliphatic heterocycles. The minimum Gasteiger partial charge on any atom is -0.356 e. The third-order valence-corrected chi connectivity index (χ3v) is 5.18. The second-order valence-electron chi connectivity index (χ2n) is 7.25. The summed E-state index contributed by atoms with van der Waals surface area (Å²) in [7, 11) is 4.02. The van der Waals surface area contributed by atoms with E-state index in [0.717, 1.165) is 50.8 Å². The van der Waals surface area contributed by atoms with Gasteiger partial charge in [-0.05, 0) is 31.2 Å². The van der Waals surface area contributed by atoms with Gasteiger partial charge in [0.05, 0.1) is 12.2 Å². The number of benzene rings is 1. The van der Waals surface area contributed by atoms with Crippen LogP contribution in [0.4, 0.5) is 0 Å².